The normalized spacial score (nSPS) is 15.5. The zero-order valence-corrected chi connectivity index (χ0v) is 27.7. The first-order chi connectivity index (χ1) is 24.2. The Hall–Kier alpha value is -5.88. The Bertz CT molecular complexity index is 2420. The summed E-state index contributed by atoms with van der Waals surface area (Å²) in [7, 11) is 0. The molecule has 2 aliphatic carbocycles. The van der Waals surface area contributed by atoms with Crippen LogP contribution in [0.1, 0.15) is 56.5 Å². The molecule has 0 N–H and O–H groups in total. The van der Waals surface area contributed by atoms with Gasteiger partial charge in [-0.25, -0.2) is 0 Å². The molecule has 2 heteroatoms. The minimum absolute atomic E-state index is 0.567. The van der Waals surface area contributed by atoms with Crippen LogP contribution in [0.2, 0.25) is 0 Å². The number of hydrogen-bond acceptors (Lipinski definition) is 2. The molecule has 6 aromatic rings. The lowest BCUT2D eigenvalue weighted by molar-refractivity contribution is 0.722. The molecule has 0 amide bonds. The number of nitriles is 1. The van der Waals surface area contributed by atoms with Gasteiger partial charge in [0.25, 0.3) is 0 Å². The predicted molar refractivity (Wildman–Crippen MR) is 203 cm³/mol. The third-order valence-electron chi connectivity index (χ3n) is 10.2. The van der Waals surface area contributed by atoms with Gasteiger partial charge in [0.2, 0.25) is 0 Å². The first-order valence-electron chi connectivity index (χ1n) is 16.7. The van der Waals surface area contributed by atoms with Gasteiger partial charge >= 0.3 is 0 Å². The van der Waals surface area contributed by atoms with E-state index in [1.165, 1.54) is 59.9 Å². The fourth-order valence-corrected chi connectivity index (χ4v) is 9.29. The van der Waals surface area contributed by atoms with E-state index in [0.29, 0.717) is 5.56 Å². The summed E-state index contributed by atoms with van der Waals surface area (Å²) in [5.41, 5.74) is 15.5. The molecular formula is C47H31NS. The fourth-order valence-electron chi connectivity index (χ4n) is 8.09. The highest BCUT2D eigenvalue weighted by Crippen LogP contribution is 2.62. The van der Waals surface area contributed by atoms with Gasteiger partial charge in [0.1, 0.15) is 0 Å². The molecule has 1 aliphatic heterocycles. The van der Waals surface area contributed by atoms with Crippen molar-refractivity contribution in [3.05, 3.63) is 226 Å². The Morgan fingerprint density at radius 3 is 1.94 bits per heavy atom. The molecule has 0 saturated heterocycles. The van der Waals surface area contributed by atoms with Gasteiger partial charge in [0.15, 0.2) is 0 Å². The molecule has 230 valence electrons. The van der Waals surface area contributed by atoms with Crippen LogP contribution < -0.4 is 0 Å². The maximum atomic E-state index is 10.1. The predicted octanol–water partition coefficient (Wildman–Crippen LogP) is 11.8. The number of fused-ring (bicyclic) bond motifs is 9. The molecule has 0 atom stereocenters. The van der Waals surface area contributed by atoms with Crippen LogP contribution >= 0.6 is 11.8 Å². The lowest BCUT2D eigenvalue weighted by Crippen LogP contribution is -2.32. The van der Waals surface area contributed by atoms with E-state index < -0.39 is 5.41 Å². The third-order valence-corrected chi connectivity index (χ3v) is 11.4. The molecule has 0 saturated carbocycles. The summed E-state index contributed by atoms with van der Waals surface area (Å²) in [6.45, 7) is 4.80. The first-order valence-corrected chi connectivity index (χ1v) is 17.5. The standard InChI is InChI=1S/C47H31NS/c1-31(36-18-8-9-19-39(36)46(33-14-4-2-5-15-33)34-16-6-3-7-17-34)35-25-27-38-37-26-24-32(30-48)28-42(37)47(43(38)29-35)40-20-10-12-22-44(40)49-45-23-13-11-21-41(45)47/h2-16,18-29H,1,17H2/b46-34-. The van der Waals surface area contributed by atoms with Gasteiger partial charge in [-0.05, 0) is 109 Å². The van der Waals surface area contributed by atoms with Gasteiger partial charge in [-0.3, -0.25) is 0 Å². The zero-order valence-electron chi connectivity index (χ0n) is 26.9. The molecule has 6 aromatic carbocycles. The summed E-state index contributed by atoms with van der Waals surface area (Å²) in [5, 5.41) is 10.1. The second-order valence-corrected chi connectivity index (χ2v) is 13.8. The van der Waals surface area contributed by atoms with Crippen LogP contribution in [0.25, 0.3) is 22.3 Å². The zero-order chi connectivity index (χ0) is 33.0. The molecule has 1 nitrogen and oxygen atoms in total. The van der Waals surface area contributed by atoms with Crippen molar-refractivity contribution in [3.63, 3.8) is 0 Å². The van der Waals surface area contributed by atoms with Crippen molar-refractivity contribution in [2.24, 2.45) is 0 Å². The molecule has 0 fully saturated rings. The number of benzene rings is 6. The third kappa shape index (κ3) is 4.47. The van der Waals surface area contributed by atoms with Crippen LogP contribution in [0.3, 0.4) is 0 Å². The Labute approximate surface area is 291 Å². The Kier molecular flexibility index (Phi) is 6.97. The van der Waals surface area contributed by atoms with Gasteiger partial charge in [-0.15, -0.1) is 0 Å². The molecular weight excluding hydrogens is 611 g/mol. The number of hydrogen-bond donors (Lipinski definition) is 0. The SMILES string of the molecule is C=C(c1ccc2c(c1)C1(c3ccccc3Sc3ccccc31)c1cc(C#N)ccc1-2)c1ccccc1/C(=C1/C=CC=CC1)c1ccccc1. The van der Waals surface area contributed by atoms with Crippen LogP contribution in [-0.4, -0.2) is 0 Å². The minimum Gasteiger partial charge on any atom is -0.192 e. The second kappa shape index (κ2) is 11.7. The van der Waals surface area contributed by atoms with E-state index in [-0.39, 0.29) is 0 Å². The van der Waals surface area contributed by atoms with Crippen molar-refractivity contribution in [1.29, 1.82) is 5.26 Å². The topological polar surface area (TPSA) is 23.8 Å². The summed E-state index contributed by atoms with van der Waals surface area (Å²) in [6, 6.07) is 52.5. The van der Waals surface area contributed by atoms with E-state index in [4.69, 9.17) is 6.58 Å². The molecule has 9 rings (SSSR count). The molecule has 0 bridgehead atoms. The maximum absolute atomic E-state index is 10.1. The van der Waals surface area contributed by atoms with E-state index in [1.54, 1.807) is 0 Å². The van der Waals surface area contributed by atoms with Crippen molar-refractivity contribution >= 4 is 22.9 Å². The van der Waals surface area contributed by atoms with Crippen molar-refractivity contribution < 1.29 is 0 Å². The van der Waals surface area contributed by atoms with Crippen LogP contribution in [-0.2, 0) is 5.41 Å². The Morgan fingerprint density at radius 2 is 1.24 bits per heavy atom. The highest BCUT2D eigenvalue weighted by atomic mass is 32.2. The molecule has 0 aromatic heterocycles. The lowest BCUT2D eigenvalue weighted by atomic mass is 9.67. The molecule has 0 unspecified atom stereocenters. The van der Waals surface area contributed by atoms with Crippen LogP contribution in [0.4, 0.5) is 0 Å². The van der Waals surface area contributed by atoms with Crippen molar-refractivity contribution in [2.45, 2.75) is 21.6 Å². The largest absolute Gasteiger partial charge is 0.192 e. The van der Waals surface area contributed by atoms with E-state index in [1.807, 2.05) is 17.8 Å². The fraction of sp³-hybridized carbons (Fsp3) is 0.0426. The molecule has 0 radical (unpaired) electrons. The second-order valence-electron chi connectivity index (χ2n) is 12.8. The average Bonchev–Trinajstić information content (AvgIpc) is 3.45. The van der Waals surface area contributed by atoms with Gasteiger partial charge in [-0.1, -0.05) is 152 Å². The quantitative estimate of drug-likeness (QED) is 0.191. The summed E-state index contributed by atoms with van der Waals surface area (Å²) in [4.78, 5) is 2.48. The molecule has 1 heterocycles. The Morgan fingerprint density at radius 1 is 0.612 bits per heavy atom. The van der Waals surface area contributed by atoms with E-state index in [0.717, 1.165) is 28.7 Å². The van der Waals surface area contributed by atoms with Gasteiger partial charge < -0.3 is 0 Å². The van der Waals surface area contributed by atoms with E-state index >= 15 is 0 Å². The van der Waals surface area contributed by atoms with Gasteiger partial charge in [0.05, 0.1) is 17.0 Å². The average molecular weight is 642 g/mol. The van der Waals surface area contributed by atoms with E-state index in [9.17, 15) is 5.26 Å². The van der Waals surface area contributed by atoms with E-state index in [2.05, 4.69) is 164 Å². The van der Waals surface area contributed by atoms with Crippen molar-refractivity contribution in [3.8, 4) is 17.2 Å². The van der Waals surface area contributed by atoms with Gasteiger partial charge in [-0.2, -0.15) is 5.26 Å². The number of allylic oxidation sites excluding steroid dienone is 5. The van der Waals surface area contributed by atoms with Crippen LogP contribution in [0.15, 0.2) is 186 Å². The lowest BCUT2D eigenvalue weighted by Gasteiger charge is -2.39. The molecule has 3 aliphatic rings. The van der Waals surface area contributed by atoms with Crippen molar-refractivity contribution in [2.75, 3.05) is 0 Å². The number of nitrogens with zero attached hydrogens (tertiary/aromatic N) is 1. The highest BCUT2D eigenvalue weighted by Gasteiger charge is 2.50. The molecule has 49 heavy (non-hydrogen) atoms. The number of rotatable bonds is 4. The van der Waals surface area contributed by atoms with Crippen molar-refractivity contribution in [1.82, 2.24) is 0 Å². The summed E-state index contributed by atoms with van der Waals surface area (Å²) >= 11 is 1.83. The minimum atomic E-state index is -0.567. The monoisotopic (exact) mass is 641 g/mol. The molecule has 1 spiro atoms. The maximum Gasteiger partial charge on any atom is 0.0991 e. The van der Waals surface area contributed by atoms with Gasteiger partial charge in [0, 0.05) is 9.79 Å². The van der Waals surface area contributed by atoms with Crippen LogP contribution in [0, 0.1) is 11.3 Å². The summed E-state index contributed by atoms with van der Waals surface area (Å²) in [5.74, 6) is 0. The highest BCUT2D eigenvalue weighted by molar-refractivity contribution is 7.99. The Balaban J connectivity index is 1.28. The van der Waals surface area contributed by atoms with Crippen LogP contribution in [0.5, 0.6) is 0 Å². The smallest absolute Gasteiger partial charge is 0.0991 e. The summed E-state index contributed by atoms with van der Waals surface area (Å²) < 4.78 is 0. The summed E-state index contributed by atoms with van der Waals surface area (Å²) in [6.07, 6.45) is 9.59. The first kappa shape index (κ1) is 29.3.